The lowest BCUT2D eigenvalue weighted by Gasteiger charge is -1.98. The molecule has 4 heteroatoms. The van der Waals surface area contributed by atoms with E-state index in [1.165, 1.54) is 16.9 Å². The number of aromatic nitrogens is 1. The lowest BCUT2D eigenvalue weighted by Crippen LogP contribution is -1.82. The predicted octanol–water partition coefficient (Wildman–Crippen LogP) is 4.27. The number of benzene rings is 1. The van der Waals surface area contributed by atoms with E-state index < -0.39 is 0 Å². The Morgan fingerprint density at radius 2 is 2.31 bits per heavy atom. The average molecular weight is 277 g/mol. The van der Waals surface area contributed by atoms with Gasteiger partial charge in [-0.1, -0.05) is 34.5 Å². The molecule has 0 aliphatic carbocycles. The highest BCUT2D eigenvalue weighted by atomic mass is 79.9. The summed E-state index contributed by atoms with van der Waals surface area (Å²) >= 11 is 10.8. The van der Waals surface area contributed by atoms with Crippen molar-refractivity contribution >= 4 is 49.1 Å². The van der Waals surface area contributed by atoms with Gasteiger partial charge in [0.15, 0.2) is 4.47 Å². The van der Waals surface area contributed by atoms with Crippen molar-refractivity contribution in [2.45, 2.75) is 13.3 Å². The van der Waals surface area contributed by atoms with Gasteiger partial charge in [-0.05, 0) is 24.1 Å². The van der Waals surface area contributed by atoms with Crippen molar-refractivity contribution in [2.75, 3.05) is 0 Å². The first-order chi connectivity index (χ1) is 6.20. The van der Waals surface area contributed by atoms with Crippen LogP contribution in [-0.4, -0.2) is 4.98 Å². The normalized spacial score (nSPS) is 11.0. The van der Waals surface area contributed by atoms with Crippen LogP contribution in [0.1, 0.15) is 12.5 Å². The minimum Gasteiger partial charge on any atom is -0.225 e. The summed E-state index contributed by atoms with van der Waals surface area (Å²) in [5, 5.41) is 0. The van der Waals surface area contributed by atoms with Gasteiger partial charge in [0.2, 0.25) is 0 Å². The van der Waals surface area contributed by atoms with Crippen LogP contribution >= 0.6 is 38.9 Å². The standard InChI is InChI=1S/C9H7BrClNS/c1-2-5-3-6(10)4-7-8(5)12-9(11)13-7/h3-4H,2H2,1H3. The molecule has 0 spiro atoms. The van der Waals surface area contributed by atoms with Crippen LogP contribution in [0.4, 0.5) is 0 Å². The Kier molecular flexibility index (Phi) is 2.58. The maximum Gasteiger partial charge on any atom is 0.184 e. The Hall–Kier alpha value is -0.120. The fourth-order valence-electron chi connectivity index (χ4n) is 1.30. The second-order valence-electron chi connectivity index (χ2n) is 2.73. The van der Waals surface area contributed by atoms with Gasteiger partial charge >= 0.3 is 0 Å². The summed E-state index contributed by atoms with van der Waals surface area (Å²) in [6.45, 7) is 2.12. The molecule has 0 atom stereocenters. The van der Waals surface area contributed by atoms with Gasteiger partial charge in [0.25, 0.3) is 0 Å². The van der Waals surface area contributed by atoms with E-state index >= 15 is 0 Å². The quantitative estimate of drug-likeness (QED) is 0.758. The zero-order valence-electron chi connectivity index (χ0n) is 6.97. The highest BCUT2D eigenvalue weighted by Gasteiger charge is 2.06. The maximum atomic E-state index is 5.86. The van der Waals surface area contributed by atoms with Crippen LogP contribution in [0.3, 0.4) is 0 Å². The SMILES string of the molecule is CCc1cc(Br)cc2sc(Cl)nc12. The molecule has 0 aliphatic rings. The molecule has 1 aromatic carbocycles. The molecule has 2 rings (SSSR count). The van der Waals surface area contributed by atoms with E-state index in [4.69, 9.17) is 11.6 Å². The van der Waals surface area contributed by atoms with Crippen LogP contribution < -0.4 is 0 Å². The third-order valence-corrected chi connectivity index (χ3v) is 3.46. The van der Waals surface area contributed by atoms with Crippen LogP contribution in [0.15, 0.2) is 16.6 Å². The van der Waals surface area contributed by atoms with E-state index in [2.05, 4.69) is 40.0 Å². The second-order valence-corrected chi connectivity index (χ2v) is 5.26. The molecule has 0 N–H and O–H groups in total. The molecule has 1 aromatic heterocycles. The van der Waals surface area contributed by atoms with E-state index in [0.717, 1.165) is 21.1 Å². The monoisotopic (exact) mass is 275 g/mol. The summed E-state index contributed by atoms with van der Waals surface area (Å²) in [6, 6.07) is 4.15. The molecule has 1 nitrogen and oxygen atoms in total. The van der Waals surface area contributed by atoms with Gasteiger partial charge in [0, 0.05) is 4.47 Å². The first-order valence-corrected chi connectivity index (χ1v) is 5.94. The number of aryl methyl sites for hydroxylation is 1. The Morgan fingerprint density at radius 1 is 1.54 bits per heavy atom. The van der Waals surface area contributed by atoms with Crippen molar-refractivity contribution in [1.82, 2.24) is 4.98 Å². The number of rotatable bonds is 1. The first kappa shape index (κ1) is 9.44. The van der Waals surface area contributed by atoms with Crippen molar-refractivity contribution in [3.8, 4) is 0 Å². The number of fused-ring (bicyclic) bond motifs is 1. The van der Waals surface area contributed by atoms with Crippen molar-refractivity contribution < 1.29 is 0 Å². The Bertz CT molecular complexity index is 452. The summed E-state index contributed by atoms with van der Waals surface area (Å²) in [5.74, 6) is 0. The molecule has 1 heterocycles. The van der Waals surface area contributed by atoms with Crippen LogP contribution in [0.5, 0.6) is 0 Å². The predicted molar refractivity (Wildman–Crippen MR) is 61.7 cm³/mol. The summed E-state index contributed by atoms with van der Waals surface area (Å²) in [4.78, 5) is 4.29. The lowest BCUT2D eigenvalue weighted by atomic mass is 10.1. The van der Waals surface area contributed by atoms with E-state index in [9.17, 15) is 0 Å². The molecule has 13 heavy (non-hydrogen) atoms. The highest BCUT2D eigenvalue weighted by molar-refractivity contribution is 9.10. The number of thiazole rings is 1. The third kappa shape index (κ3) is 1.73. The first-order valence-electron chi connectivity index (χ1n) is 3.95. The smallest absolute Gasteiger partial charge is 0.184 e. The van der Waals surface area contributed by atoms with Crippen LogP contribution in [-0.2, 0) is 6.42 Å². The molecule has 0 bridgehead atoms. The van der Waals surface area contributed by atoms with E-state index in [1.54, 1.807) is 0 Å². The molecule has 0 saturated carbocycles. The Balaban J connectivity index is 2.80. The molecule has 0 unspecified atom stereocenters. The topological polar surface area (TPSA) is 12.9 Å². The Labute approximate surface area is 93.9 Å². The second kappa shape index (κ2) is 3.56. The molecule has 0 saturated heterocycles. The van der Waals surface area contributed by atoms with E-state index in [0.29, 0.717) is 4.47 Å². The zero-order chi connectivity index (χ0) is 9.42. The summed E-state index contributed by atoms with van der Waals surface area (Å²) in [7, 11) is 0. The number of halogens is 2. The molecule has 0 radical (unpaired) electrons. The molecule has 0 fully saturated rings. The zero-order valence-corrected chi connectivity index (χ0v) is 10.1. The molecule has 2 aromatic rings. The van der Waals surface area contributed by atoms with Crippen molar-refractivity contribution in [2.24, 2.45) is 0 Å². The summed E-state index contributed by atoms with van der Waals surface area (Å²) in [6.07, 6.45) is 0.982. The fraction of sp³-hybridized carbons (Fsp3) is 0.222. The third-order valence-electron chi connectivity index (χ3n) is 1.89. The van der Waals surface area contributed by atoms with Crippen LogP contribution in [0.2, 0.25) is 4.47 Å². The van der Waals surface area contributed by atoms with Gasteiger partial charge in [0.05, 0.1) is 10.2 Å². The van der Waals surface area contributed by atoms with E-state index in [1.807, 2.05) is 0 Å². The van der Waals surface area contributed by atoms with Gasteiger partial charge in [-0.15, -0.1) is 11.3 Å². The van der Waals surface area contributed by atoms with Crippen LogP contribution in [0.25, 0.3) is 10.2 Å². The largest absolute Gasteiger partial charge is 0.225 e. The van der Waals surface area contributed by atoms with Gasteiger partial charge in [-0.2, -0.15) is 0 Å². The van der Waals surface area contributed by atoms with Gasteiger partial charge < -0.3 is 0 Å². The average Bonchev–Trinajstić information content (AvgIpc) is 2.43. The van der Waals surface area contributed by atoms with Gasteiger partial charge in [0.1, 0.15) is 0 Å². The molecular formula is C9H7BrClNS. The molecule has 0 amide bonds. The minimum absolute atomic E-state index is 0.614. The maximum absolute atomic E-state index is 5.86. The van der Waals surface area contributed by atoms with Crippen molar-refractivity contribution in [3.05, 3.63) is 26.6 Å². The van der Waals surface area contributed by atoms with Gasteiger partial charge in [-0.25, -0.2) is 4.98 Å². The molecular weight excluding hydrogens is 270 g/mol. The number of hydrogen-bond donors (Lipinski definition) is 0. The number of hydrogen-bond acceptors (Lipinski definition) is 2. The lowest BCUT2D eigenvalue weighted by molar-refractivity contribution is 1.15. The van der Waals surface area contributed by atoms with Crippen molar-refractivity contribution in [3.63, 3.8) is 0 Å². The molecule has 68 valence electrons. The Morgan fingerprint density at radius 3 is 3.00 bits per heavy atom. The van der Waals surface area contributed by atoms with Gasteiger partial charge in [-0.3, -0.25) is 0 Å². The van der Waals surface area contributed by atoms with E-state index in [-0.39, 0.29) is 0 Å². The highest BCUT2D eigenvalue weighted by Crippen LogP contribution is 2.31. The number of nitrogens with zero attached hydrogens (tertiary/aromatic N) is 1. The molecule has 0 aliphatic heterocycles. The summed E-state index contributed by atoms with van der Waals surface area (Å²) < 4.78 is 2.86. The van der Waals surface area contributed by atoms with Crippen molar-refractivity contribution in [1.29, 1.82) is 0 Å². The van der Waals surface area contributed by atoms with Crippen LogP contribution in [0, 0.1) is 0 Å². The fourth-order valence-corrected chi connectivity index (χ4v) is 3.07. The summed E-state index contributed by atoms with van der Waals surface area (Å²) in [5.41, 5.74) is 2.29. The minimum atomic E-state index is 0.614.